The molecule has 0 bridgehead atoms. The number of fused-ring (bicyclic) bond motifs is 1. The molecule has 0 fully saturated rings. The first-order valence-electron chi connectivity index (χ1n) is 5.93. The molecule has 1 aromatic heterocycles. The lowest BCUT2D eigenvalue weighted by Gasteiger charge is -2.18. The van der Waals surface area contributed by atoms with E-state index in [1.54, 1.807) is 7.11 Å². The van der Waals surface area contributed by atoms with Crippen molar-refractivity contribution < 1.29 is 4.74 Å². The minimum Gasteiger partial charge on any atom is -0.383 e. The van der Waals surface area contributed by atoms with Crippen LogP contribution in [-0.4, -0.2) is 24.7 Å². The Labute approximate surface area is 102 Å². The number of hydrogen-bond acceptors (Lipinski definition) is 3. The van der Waals surface area contributed by atoms with Crippen molar-refractivity contribution in [2.45, 2.75) is 19.4 Å². The zero-order valence-electron chi connectivity index (χ0n) is 10.3. The van der Waals surface area contributed by atoms with E-state index in [0.29, 0.717) is 6.04 Å². The van der Waals surface area contributed by atoms with Crippen molar-refractivity contribution in [2.24, 2.45) is 0 Å². The molecule has 1 atom stereocenters. The number of nitrogens with one attached hydrogen (secondary N) is 1. The number of rotatable bonds is 5. The van der Waals surface area contributed by atoms with E-state index in [2.05, 4.69) is 29.4 Å². The monoisotopic (exact) mass is 230 g/mol. The molecular formula is C14H18N2O. The van der Waals surface area contributed by atoms with Crippen molar-refractivity contribution in [1.29, 1.82) is 0 Å². The standard InChI is InChI=1S/C14H18N2O/c1-3-12(10-17-2)16-14-6-4-5-11-9-15-8-7-13(11)14/h4-9,12,16H,3,10H2,1-2H3. The summed E-state index contributed by atoms with van der Waals surface area (Å²) in [6.07, 6.45) is 4.75. The summed E-state index contributed by atoms with van der Waals surface area (Å²) < 4.78 is 5.20. The molecular weight excluding hydrogens is 212 g/mol. The Hall–Kier alpha value is -1.61. The maximum absolute atomic E-state index is 5.20. The predicted octanol–water partition coefficient (Wildman–Crippen LogP) is 3.07. The van der Waals surface area contributed by atoms with Gasteiger partial charge in [-0.25, -0.2) is 0 Å². The molecule has 17 heavy (non-hydrogen) atoms. The third kappa shape index (κ3) is 2.74. The van der Waals surface area contributed by atoms with E-state index in [4.69, 9.17) is 4.74 Å². The van der Waals surface area contributed by atoms with Crippen molar-refractivity contribution in [3.8, 4) is 0 Å². The van der Waals surface area contributed by atoms with E-state index in [1.807, 2.05) is 24.5 Å². The molecule has 0 aliphatic heterocycles. The molecule has 0 saturated heterocycles. The third-order valence-corrected chi connectivity index (χ3v) is 2.90. The molecule has 2 rings (SSSR count). The van der Waals surface area contributed by atoms with Gasteiger partial charge in [-0.15, -0.1) is 0 Å². The SMILES string of the molecule is CCC(COC)Nc1cccc2cnccc12. The Morgan fingerprint density at radius 2 is 2.24 bits per heavy atom. The zero-order valence-corrected chi connectivity index (χ0v) is 10.3. The lowest BCUT2D eigenvalue weighted by Crippen LogP contribution is -2.23. The van der Waals surface area contributed by atoms with E-state index >= 15 is 0 Å². The molecule has 90 valence electrons. The van der Waals surface area contributed by atoms with Gasteiger partial charge >= 0.3 is 0 Å². The summed E-state index contributed by atoms with van der Waals surface area (Å²) in [4.78, 5) is 4.14. The van der Waals surface area contributed by atoms with Crippen LogP contribution in [0.5, 0.6) is 0 Å². The molecule has 0 aliphatic rings. The minimum atomic E-state index is 0.346. The van der Waals surface area contributed by atoms with Gasteiger partial charge < -0.3 is 10.1 Å². The average Bonchev–Trinajstić information content (AvgIpc) is 2.38. The molecule has 0 saturated carbocycles. The first kappa shape index (κ1) is 11.9. The molecule has 1 heterocycles. The number of anilines is 1. The lowest BCUT2D eigenvalue weighted by atomic mass is 10.1. The van der Waals surface area contributed by atoms with Gasteiger partial charge in [0.2, 0.25) is 0 Å². The predicted molar refractivity (Wildman–Crippen MR) is 71.3 cm³/mol. The minimum absolute atomic E-state index is 0.346. The van der Waals surface area contributed by atoms with E-state index in [-0.39, 0.29) is 0 Å². The lowest BCUT2D eigenvalue weighted by molar-refractivity contribution is 0.184. The number of benzene rings is 1. The summed E-state index contributed by atoms with van der Waals surface area (Å²) in [6.45, 7) is 2.88. The van der Waals surface area contributed by atoms with Gasteiger partial charge in [0.25, 0.3) is 0 Å². The van der Waals surface area contributed by atoms with Crippen molar-refractivity contribution >= 4 is 16.5 Å². The first-order valence-corrected chi connectivity index (χ1v) is 5.93. The van der Waals surface area contributed by atoms with Crippen LogP contribution in [0.15, 0.2) is 36.7 Å². The second-order valence-electron chi connectivity index (χ2n) is 4.11. The topological polar surface area (TPSA) is 34.1 Å². The molecule has 0 aliphatic carbocycles. The smallest absolute Gasteiger partial charge is 0.0663 e. The highest BCUT2D eigenvalue weighted by Crippen LogP contribution is 2.23. The Kier molecular flexibility index (Phi) is 3.94. The Balaban J connectivity index is 2.28. The highest BCUT2D eigenvalue weighted by Gasteiger charge is 2.07. The number of nitrogens with zero attached hydrogens (tertiary/aromatic N) is 1. The summed E-state index contributed by atoms with van der Waals surface area (Å²) >= 11 is 0. The Morgan fingerprint density at radius 1 is 1.35 bits per heavy atom. The first-order chi connectivity index (χ1) is 8.35. The van der Waals surface area contributed by atoms with Crippen LogP contribution in [0.3, 0.4) is 0 Å². The van der Waals surface area contributed by atoms with Gasteiger partial charge in [-0.1, -0.05) is 19.1 Å². The molecule has 3 nitrogen and oxygen atoms in total. The van der Waals surface area contributed by atoms with Crippen LogP contribution in [0.1, 0.15) is 13.3 Å². The van der Waals surface area contributed by atoms with Crippen LogP contribution < -0.4 is 5.32 Å². The summed E-state index contributed by atoms with van der Waals surface area (Å²) in [6, 6.07) is 8.60. The van der Waals surface area contributed by atoms with Crippen molar-refractivity contribution in [3.05, 3.63) is 36.7 Å². The molecule has 0 spiro atoms. The van der Waals surface area contributed by atoms with Crippen molar-refractivity contribution in [3.63, 3.8) is 0 Å². The highest BCUT2D eigenvalue weighted by atomic mass is 16.5. The molecule has 2 aromatic rings. The van der Waals surface area contributed by atoms with E-state index in [0.717, 1.165) is 24.1 Å². The van der Waals surface area contributed by atoms with Crippen LogP contribution in [0.25, 0.3) is 10.8 Å². The van der Waals surface area contributed by atoms with Gasteiger partial charge in [0.1, 0.15) is 0 Å². The highest BCUT2D eigenvalue weighted by molar-refractivity contribution is 5.93. The molecule has 1 unspecified atom stereocenters. The maximum atomic E-state index is 5.20. The Morgan fingerprint density at radius 3 is 3.00 bits per heavy atom. The summed E-state index contributed by atoms with van der Waals surface area (Å²) in [5.74, 6) is 0. The van der Waals surface area contributed by atoms with Gasteiger partial charge in [0.15, 0.2) is 0 Å². The average molecular weight is 230 g/mol. The van der Waals surface area contributed by atoms with Gasteiger partial charge in [-0.3, -0.25) is 4.98 Å². The van der Waals surface area contributed by atoms with Crippen LogP contribution in [0.2, 0.25) is 0 Å². The molecule has 0 amide bonds. The fourth-order valence-electron chi connectivity index (χ4n) is 1.93. The van der Waals surface area contributed by atoms with E-state index in [1.165, 1.54) is 5.39 Å². The second kappa shape index (κ2) is 5.64. The fourth-order valence-corrected chi connectivity index (χ4v) is 1.93. The largest absolute Gasteiger partial charge is 0.383 e. The molecule has 1 N–H and O–H groups in total. The van der Waals surface area contributed by atoms with Gasteiger partial charge in [0, 0.05) is 42.0 Å². The van der Waals surface area contributed by atoms with Crippen molar-refractivity contribution in [1.82, 2.24) is 4.98 Å². The summed E-state index contributed by atoms with van der Waals surface area (Å²) in [7, 11) is 1.73. The Bertz CT molecular complexity index is 479. The summed E-state index contributed by atoms with van der Waals surface area (Å²) in [5.41, 5.74) is 1.15. The second-order valence-corrected chi connectivity index (χ2v) is 4.11. The van der Waals surface area contributed by atoms with Crippen LogP contribution in [-0.2, 0) is 4.74 Å². The van der Waals surface area contributed by atoms with E-state index < -0.39 is 0 Å². The van der Waals surface area contributed by atoms with E-state index in [9.17, 15) is 0 Å². The normalized spacial score (nSPS) is 12.6. The fraction of sp³-hybridized carbons (Fsp3) is 0.357. The number of pyridine rings is 1. The van der Waals surface area contributed by atoms with Crippen molar-refractivity contribution in [2.75, 3.05) is 19.0 Å². The quantitative estimate of drug-likeness (QED) is 0.857. The third-order valence-electron chi connectivity index (χ3n) is 2.90. The number of ether oxygens (including phenoxy) is 1. The zero-order chi connectivity index (χ0) is 12.1. The number of aromatic nitrogens is 1. The number of methoxy groups -OCH3 is 1. The molecule has 3 heteroatoms. The molecule has 0 radical (unpaired) electrons. The van der Waals surface area contributed by atoms with Gasteiger partial charge in [0.05, 0.1) is 6.61 Å². The summed E-state index contributed by atoms with van der Waals surface area (Å²) in [5, 5.41) is 5.88. The molecule has 1 aromatic carbocycles. The van der Waals surface area contributed by atoms with Crippen LogP contribution in [0, 0.1) is 0 Å². The van der Waals surface area contributed by atoms with Crippen LogP contribution >= 0.6 is 0 Å². The van der Waals surface area contributed by atoms with Gasteiger partial charge in [-0.05, 0) is 18.6 Å². The van der Waals surface area contributed by atoms with Gasteiger partial charge in [-0.2, -0.15) is 0 Å². The number of hydrogen-bond donors (Lipinski definition) is 1. The maximum Gasteiger partial charge on any atom is 0.0663 e. The van der Waals surface area contributed by atoms with Crippen LogP contribution in [0.4, 0.5) is 5.69 Å².